The van der Waals surface area contributed by atoms with Gasteiger partial charge in [-0.3, -0.25) is 4.79 Å². The number of ketones is 1. The summed E-state index contributed by atoms with van der Waals surface area (Å²) >= 11 is 0. The standard InChI is InChI=1S/C20H28O4/c1-16(2)20(22)24-15-9-7-5-4-6-8-14-23-19-12-10-18(11-13-19)17(3)21/h10-13H,1,4-9,14-15H2,2-3H3. The van der Waals surface area contributed by atoms with Gasteiger partial charge in [-0.25, -0.2) is 4.79 Å². The van der Waals surface area contributed by atoms with Gasteiger partial charge in [0, 0.05) is 11.1 Å². The van der Waals surface area contributed by atoms with Crippen molar-refractivity contribution < 1.29 is 19.1 Å². The second-order valence-corrected chi connectivity index (χ2v) is 5.97. The molecule has 1 aromatic rings. The number of Topliss-reactive ketones (excluding diaryl/α,β-unsaturated/α-hetero) is 1. The van der Waals surface area contributed by atoms with Crippen LogP contribution in [0.2, 0.25) is 0 Å². The molecule has 0 saturated carbocycles. The lowest BCUT2D eigenvalue weighted by Gasteiger charge is -2.07. The molecule has 4 nitrogen and oxygen atoms in total. The van der Waals surface area contributed by atoms with Crippen molar-refractivity contribution in [2.75, 3.05) is 13.2 Å². The largest absolute Gasteiger partial charge is 0.494 e. The fourth-order valence-corrected chi connectivity index (χ4v) is 2.18. The zero-order chi connectivity index (χ0) is 17.8. The van der Waals surface area contributed by atoms with E-state index in [9.17, 15) is 9.59 Å². The Morgan fingerprint density at radius 1 is 0.875 bits per heavy atom. The van der Waals surface area contributed by atoms with Crippen molar-refractivity contribution >= 4 is 11.8 Å². The van der Waals surface area contributed by atoms with Gasteiger partial charge in [-0.05, 0) is 51.0 Å². The third-order valence-corrected chi connectivity index (χ3v) is 3.65. The molecular weight excluding hydrogens is 304 g/mol. The first-order valence-electron chi connectivity index (χ1n) is 8.57. The van der Waals surface area contributed by atoms with Crippen molar-refractivity contribution in [2.24, 2.45) is 0 Å². The Morgan fingerprint density at radius 2 is 1.42 bits per heavy atom. The maximum atomic E-state index is 11.2. The van der Waals surface area contributed by atoms with Crippen LogP contribution in [-0.2, 0) is 9.53 Å². The Balaban J connectivity index is 1.96. The number of carbonyl (C=O) groups is 2. The molecule has 4 heteroatoms. The summed E-state index contributed by atoms with van der Waals surface area (Å²) in [5.41, 5.74) is 1.15. The highest BCUT2D eigenvalue weighted by Gasteiger charge is 2.02. The predicted molar refractivity (Wildman–Crippen MR) is 95.4 cm³/mol. The first kappa shape index (κ1) is 19.9. The van der Waals surface area contributed by atoms with E-state index in [1.54, 1.807) is 26.0 Å². The molecule has 0 aromatic heterocycles. The van der Waals surface area contributed by atoms with Crippen LogP contribution in [0, 0.1) is 0 Å². The molecule has 0 N–H and O–H groups in total. The van der Waals surface area contributed by atoms with Crippen LogP contribution in [0.1, 0.15) is 62.7 Å². The molecule has 0 heterocycles. The lowest BCUT2D eigenvalue weighted by molar-refractivity contribution is -0.139. The minimum absolute atomic E-state index is 0.0657. The fourth-order valence-electron chi connectivity index (χ4n) is 2.18. The number of benzene rings is 1. The normalized spacial score (nSPS) is 10.2. The van der Waals surface area contributed by atoms with Gasteiger partial charge in [-0.1, -0.05) is 32.3 Å². The average Bonchev–Trinajstić information content (AvgIpc) is 2.56. The molecule has 0 spiro atoms. The van der Waals surface area contributed by atoms with Gasteiger partial charge in [-0.2, -0.15) is 0 Å². The Bertz CT molecular complexity index is 531. The number of hydrogen-bond donors (Lipinski definition) is 0. The molecule has 0 saturated heterocycles. The van der Waals surface area contributed by atoms with Gasteiger partial charge in [-0.15, -0.1) is 0 Å². The van der Waals surface area contributed by atoms with Crippen LogP contribution in [-0.4, -0.2) is 25.0 Å². The minimum Gasteiger partial charge on any atom is -0.494 e. The zero-order valence-electron chi connectivity index (χ0n) is 14.8. The Kier molecular flexibility index (Phi) is 9.51. The zero-order valence-corrected chi connectivity index (χ0v) is 14.8. The third kappa shape index (κ3) is 8.51. The summed E-state index contributed by atoms with van der Waals surface area (Å²) in [6.45, 7) is 7.92. The number of rotatable bonds is 12. The second-order valence-electron chi connectivity index (χ2n) is 5.97. The molecular formula is C20H28O4. The van der Waals surface area contributed by atoms with Gasteiger partial charge in [0.05, 0.1) is 13.2 Å². The van der Waals surface area contributed by atoms with Crippen LogP contribution in [0.4, 0.5) is 0 Å². The summed E-state index contributed by atoms with van der Waals surface area (Å²) in [6.07, 6.45) is 6.39. The molecule has 0 aliphatic carbocycles. The number of hydrogen-bond acceptors (Lipinski definition) is 4. The summed E-state index contributed by atoms with van der Waals surface area (Å²) in [5.74, 6) is 0.568. The highest BCUT2D eigenvalue weighted by atomic mass is 16.5. The van der Waals surface area contributed by atoms with E-state index in [1.165, 1.54) is 0 Å². The molecule has 0 unspecified atom stereocenters. The average molecular weight is 332 g/mol. The smallest absolute Gasteiger partial charge is 0.333 e. The summed E-state index contributed by atoms with van der Waals surface area (Å²) in [5, 5.41) is 0. The maximum absolute atomic E-state index is 11.2. The third-order valence-electron chi connectivity index (χ3n) is 3.65. The van der Waals surface area contributed by atoms with Crippen LogP contribution in [0.5, 0.6) is 5.75 Å². The van der Waals surface area contributed by atoms with Gasteiger partial charge in [0.1, 0.15) is 5.75 Å². The predicted octanol–water partition coefficient (Wildman–Crippen LogP) is 4.73. The van der Waals surface area contributed by atoms with Crippen molar-refractivity contribution in [3.8, 4) is 5.75 Å². The van der Waals surface area contributed by atoms with E-state index >= 15 is 0 Å². The highest BCUT2D eigenvalue weighted by molar-refractivity contribution is 5.94. The first-order chi connectivity index (χ1) is 11.5. The summed E-state index contributed by atoms with van der Waals surface area (Å²) in [4.78, 5) is 22.3. The van der Waals surface area contributed by atoms with E-state index in [0.29, 0.717) is 24.4 Å². The van der Waals surface area contributed by atoms with Crippen LogP contribution in [0.25, 0.3) is 0 Å². The second kappa shape index (κ2) is 11.4. The van der Waals surface area contributed by atoms with Crippen LogP contribution >= 0.6 is 0 Å². The SMILES string of the molecule is C=C(C)C(=O)OCCCCCCCCOc1ccc(C(C)=O)cc1. The van der Waals surface area contributed by atoms with Gasteiger partial charge in [0.25, 0.3) is 0 Å². The molecule has 0 aliphatic rings. The molecule has 0 fully saturated rings. The summed E-state index contributed by atoms with van der Waals surface area (Å²) < 4.78 is 10.7. The van der Waals surface area contributed by atoms with Crippen molar-refractivity contribution in [1.29, 1.82) is 0 Å². The van der Waals surface area contributed by atoms with Crippen LogP contribution in [0.15, 0.2) is 36.4 Å². The molecule has 0 bridgehead atoms. The highest BCUT2D eigenvalue weighted by Crippen LogP contribution is 2.13. The van der Waals surface area contributed by atoms with Crippen LogP contribution in [0.3, 0.4) is 0 Å². The van der Waals surface area contributed by atoms with E-state index in [1.807, 2.05) is 12.1 Å². The minimum atomic E-state index is -0.302. The van der Waals surface area contributed by atoms with Gasteiger partial charge in [0.2, 0.25) is 0 Å². The molecule has 132 valence electrons. The number of ether oxygens (including phenoxy) is 2. The summed E-state index contributed by atoms with van der Waals surface area (Å²) in [7, 11) is 0. The quantitative estimate of drug-likeness (QED) is 0.240. The Labute approximate surface area is 144 Å². The van der Waals surface area contributed by atoms with Gasteiger partial charge < -0.3 is 9.47 Å². The first-order valence-corrected chi connectivity index (χ1v) is 8.57. The molecule has 24 heavy (non-hydrogen) atoms. The number of carbonyl (C=O) groups excluding carboxylic acids is 2. The van der Waals surface area contributed by atoms with E-state index in [4.69, 9.17) is 9.47 Å². The summed E-state index contributed by atoms with van der Waals surface area (Å²) in [6, 6.07) is 7.25. The Hall–Kier alpha value is -2.10. The van der Waals surface area contributed by atoms with E-state index in [-0.39, 0.29) is 11.8 Å². The maximum Gasteiger partial charge on any atom is 0.333 e. The van der Waals surface area contributed by atoms with Crippen LogP contribution < -0.4 is 4.74 Å². The van der Waals surface area contributed by atoms with E-state index < -0.39 is 0 Å². The topological polar surface area (TPSA) is 52.6 Å². The Morgan fingerprint density at radius 3 is 1.96 bits per heavy atom. The molecule has 0 amide bonds. The molecule has 0 atom stereocenters. The van der Waals surface area contributed by atoms with Crippen molar-refractivity contribution in [1.82, 2.24) is 0 Å². The monoisotopic (exact) mass is 332 g/mol. The lowest BCUT2D eigenvalue weighted by atomic mass is 10.1. The molecule has 1 aromatic carbocycles. The molecule has 1 rings (SSSR count). The van der Waals surface area contributed by atoms with Crippen molar-refractivity contribution in [3.05, 3.63) is 42.0 Å². The van der Waals surface area contributed by atoms with E-state index in [0.717, 1.165) is 44.3 Å². The van der Waals surface area contributed by atoms with Gasteiger partial charge >= 0.3 is 5.97 Å². The van der Waals surface area contributed by atoms with Crippen molar-refractivity contribution in [2.45, 2.75) is 52.4 Å². The fraction of sp³-hybridized carbons (Fsp3) is 0.500. The van der Waals surface area contributed by atoms with Crippen molar-refractivity contribution in [3.63, 3.8) is 0 Å². The number of unbranched alkanes of at least 4 members (excludes halogenated alkanes) is 5. The molecule has 0 aliphatic heterocycles. The lowest BCUT2D eigenvalue weighted by Crippen LogP contribution is -2.06. The van der Waals surface area contributed by atoms with E-state index in [2.05, 4.69) is 6.58 Å². The number of esters is 1. The van der Waals surface area contributed by atoms with Gasteiger partial charge in [0.15, 0.2) is 5.78 Å². The molecule has 0 radical (unpaired) electrons.